The molecule has 1 amide bonds. The second-order valence-corrected chi connectivity index (χ2v) is 8.36. The van der Waals surface area contributed by atoms with E-state index in [-0.39, 0.29) is 19.1 Å². The molecule has 0 fully saturated rings. The molecule has 0 saturated carbocycles. The molecule has 0 radical (unpaired) electrons. The second kappa shape index (κ2) is 11.3. The lowest BCUT2D eigenvalue weighted by atomic mass is 10.0. The van der Waals surface area contributed by atoms with Crippen LogP contribution in [0.3, 0.4) is 0 Å². The zero-order valence-corrected chi connectivity index (χ0v) is 20.1. The van der Waals surface area contributed by atoms with Crippen LogP contribution in [0.15, 0.2) is 78.2 Å². The summed E-state index contributed by atoms with van der Waals surface area (Å²) in [6, 6.07) is 22.6. The number of hydrogen-bond acceptors (Lipinski definition) is 7. The number of thiazole rings is 1. The highest BCUT2D eigenvalue weighted by Gasteiger charge is 2.12. The molecule has 0 unspecified atom stereocenters. The van der Waals surface area contributed by atoms with Gasteiger partial charge in [0.1, 0.15) is 18.2 Å². The van der Waals surface area contributed by atoms with E-state index in [4.69, 9.17) is 14.2 Å². The average Bonchev–Trinajstić information content (AvgIpc) is 3.40. The van der Waals surface area contributed by atoms with E-state index >= 15 is 0 Å². The van der Waals surface area contributed by atoms with Crippen LogP contribution >= 0.6 is 11.3 Å². The highest BCUT2D eigenvalue weighted by Crippen LogP contribution is 2.33. The summed E-state index contributed by atoms with van der Waals surface area (Å²) in [5.41, 5.74) is 4.04. The van der Waals surface area contributed by atoms with Gasteiger partial charge in [-0.3, -0.25) is 9.59 Å². The molecule has 178 valence electrons. The Labute approximate surface area is 207 Å². The molecular formula is C27H24N2O5S. The fourth-order valence-corrected chi connectivity index (χ4v) is 4.18. The quantitative estimate of drug-likeness (QED) is 0.335. The number of carbonyl (C=O) groups is 2. The van der Waals surface area contributed by atoms with Crippen molar-refractivity contribution in [3.05, 3.63) is 89.4 Å². The number of methoxy groups -OCH3 is 2. The van der Waals surface area contributed by atoms with E-state index < -0.39 is 5.97 Å². The first-order valence-corrected chi connectivity index (χ1v) is 11.7. The predicted molar refractivity (Wildman–Crippen MR) is 135 cm³/mol. The van der Waals surface area contributed by atoms with Crippen molar-refractivity contribution in [2.75, 3.05) is 20.8 Å². The van der Waals surface area contributed by atoms with Gasteiger partial charge in [-0.2, -0.15) is 0 Å². The maximum Gasteiger partial charge on any atom is 0.325 e. The lowest BCUT2D eigenvalue weighted by molar-refractivity contribution is -0.143. The Morgan fingerprint density at radius 1 is 0.857 bits per heavy atom. The molecule has 0 aliphatic carbocycles. The molecule has 1 aromatic heterocycles. The normalized spacial score (nSPS) is 10.5. The molecule has 4 aromatic rings. The van der Waals surface area contributed by atoms with Gasteiger partial charge in [-0.05, 0) is 41.5 Å². The number of aromatic nitrogens is 1. The number of hydrogen-bond donors (Lipinski definition) is 1. The minimum absolute atomic E-state index is 0.0181. The molecule has 0 aliphatic rings. The Hall–Kier alpha value is -4.17. The number of rotatable bonds is 9. The first-order chi connectivity index (χ1) is 17.1. The molecule has 0 aliphatic heterocycles. The van der Waals surface area contributed by atoms with Crippen LogP contribution in [0, 0.1) is 0 Å². The third-order valence-electron chi connectivity index (χ3n) is 5.21. The molecule has 0 spiro atoms. The number of esters is 1. The molecular weight excluding hydrogens is 464 g/mol. The number of benzene rings is 3. The molecule has 4 rings (SSSR count). The Balaban J connectivity index is 1.27. The third-order valence-corrected chi connectivity index (χ3v) is 6.15. The maximum atomic E-state index is 12.4. The van der Waals surface area contributed by atoms with Gasteiger partial charge in [0.05, 0.1) is 19.9 Å². The lowest BCUT2D eigenvalue weighted by Crippen LogP contribution is -2.30. The van der Waals surface area contributed by atoms with Crippen LogP contribution in [0.4, 0.5) is 0 Å². The van der Waals surface area contributed by atoms with Crippen molar-refractivity contribution in [3.8, 4) is 33.2 Å². The van der Waals surface area contributed by atoms with Crippen LogP contribution in [0.25, 0.3) is 21.7 Å². The van der Waals surface area contributed by atoms with Crippen LogP contribution in [-0.2, 0) is 16.1 Å². The standard InChI is InChI=1S/C27H24N2O5S/c1-32-23-13-12-21(14-24(23)33-2)27-29-22(17-35-27)16-34-25(30)15-28-26(31)20-10-8-19(9-11-20)18-6-4-3-5-7-18/h3-14,17H,15-16H2,1-2H3,(H,28,31). The largest absolute Gasteiger partial charge is 0.493 e. The van der Waals surface area contributed by atoms with Gasteiger partial charge in [-0.15, -0.1) is 11.3 Å². The molecule has 0 saturated heterocycles. The van der Waals surface area contributed by atoms with Crippen molar-refractivity contribution in [3.63, 3.8) is 0 Å². The van der Waals surface area contributed by atoms with Crippen molar-refractivity contribution in [1.29, 1.82) is 0 Å². The van der Waals surface area contributed by atoms with Crippen LogP contribution in [0.1, 0.15) is 16.1 Å². The number of nitrogens with one attached hydrogen (secondary N) is 1. The second-order valence-electron chi connectivity index (χ2n) is 7.50. The zero-order valence-electron chi connectivity index (χ0n) is 19.3. The van der Waals surface area contributed by atoms with Crippen molar-refractivity contribution in [2.45, 2.75) is 6.61 Å². The van der Waals surface area contributed by atoms with Gasteiger partial charge in [0.25, 0.3) is 5.91 Å². The number of carbonyl (C=O) groups excluding carboxylic acids is 2. The first-order valence-electron chi connectivity index (χ1n) is 10.8. The van der Waals surface area contributed by atoms with Gasteiger partial charge >= 0.3 is 5.97 Å². The highest BCUT2D eigenvalue weighted by atomic mass is 32.1. The van der Waals surface area contributed by atoms with Gasteiger partial charge in [0.2, 0.25) is 0 Å². The summed E-state index contributed by atoms with van der Waals surface area (Å²) in [6.07, 6.45) is 0. The first kappa shape index (κ1) is 24.0. The molecule has 0 atom stereocenters. The molecule has 1 N–H and O–H groups in total. The predicted octanol–water partition coefficient (Wildman–Crippen LogP) is 4.97. The van der Waals surface area contributed by atoms with Gasteiger partial charge in [0.15, 0.2) is 11.5 Å². The van der Waals surface area contributed by atoms with Gasteiger partial charge in [-0.1, -0.05) is 42.5 Å². The minimum Gasteiger partial charge on any atom is -0.493 e. The average molecular weight is 489 g/mol. The number of ether oxygens (including phenoxy) is 3. The van der Waals surface area contributed by atoms with E-state index in [1.54, 1.807) is 26.4 Å². The van der Waals surface area contributed by atoms with E-state index in [2.05, 4.69) is 10.3 Å². The van der Waals surface area contributed by atoms with E-state index in [9.17, 15) is 9.59 Å². The van der Waals surface area contributed by atoms with Crippen LogP contribution in [0.5, 0.6) is 11.5 Å². The smallest absolute Gasteiger partial charge is 0.325 e. The summed E-state index contributed by atoms with van der Waals surface area (Å²) in [5.74, 6) is 0.362. The van der Waals surface area contributed by atoms with E-state index in [0.717, 1.165) is 21.7 Å². The fourth-order valence-electron chi connectivity index (χ4n) is 3.38. The summed E-state index contributed by atoms with van der Waals surface area (Å²) in [4.78, 5) is 29.0. The van der Waals surface area contributed by atoms with Gasteiger partial charge in [0, 0.05) is 16.5 Å². The molecule has 1 heterocycles. The van der Waals surface area contributed by atoms with Crippen molar-refractivity contribution in [1.82, 2.24) is 10.3 Å². The van der Waals surface area contributed by atoms with E-state index in [1.165, 1.54) is 11.3 Å². The third kappa shape index (κ3) is 6.04. The molecule has 3 aromatic carbocycles. The van der Waals surface area contributed by atoms with Crippen molar-refractivity contribution >= 4 is 23.2 Å². The fraction of sp³-hybridized carbons (Fsp3) is 0.148. The Kier molecular flexibility index (Phi) is 7.74. The van der Waals surface area contributed by atoms with E-state index in [1.807, 2.05) is 66.0 Å². The topological polar surface area (TPSA) is 86.8 Å². The van der Waals surface area contributed by atoms with Crippen LogP contribution < -0.4 is 14.8 Å². The summed E-state index contributed by atoms with van der Waals surface area (Å²) < 4.78 is 15.9. The lowest BCUT2D eigenvalue weighted by Gasteiger charge is -2.08. The Morgan fingerprint density at radius 2 is 1.54 bits per heavy atom. The van der Waals surface area contributed by atoms with Gasteiger partial charge in [-0.25, -0.2) is 4.98 Å². The molecule has 35 heavy (non-hydrogen) atoms. The zero-order chi connectivity index (χ0) is 24.6. The monoisotopic (exact) mass is 488 g/mol. The summed E-state index contributed by atoms with van der Waals surface area (Å²) in [6.45, 7) is -0.212. The van der Waals surface area contributed by atoms with Crippen molar-refractivity contribution in [2.24, 2.45) is 0 Å². The Bertz CT molecular complexity index is 1300. The number of amides is 1. The van der Waals surface area contributed by atoms with Gasteiger partial charge < -0.3 is 19.5 Å². The maximum absolute atomic E-state index is 12.4. The molecule has 8 heteroatoms. The van der Waals surface area contributed by atoms with Crippen LogP contribution in [0.2, 0.25) is 0 Å². The highest BCUT2D eigenvalue weighted by molar-refractivity contribution is 7.13. The molecule has 0 bridgehead atoms. The van der Waals surface area contributed by atoms with E-state index in [0.29, 0.717) is 22.8 Å². The minimum atomic E-state index is -0.542. The summed E-state index contributed by atoms with van der Waals surface area (Å²) >= 11 is 1.43. The SMILES string of the molecule is COc1ccc(-c2nc(COC(=O)CNC(=O)c3ccc(-c4ccccc4)cc3)cs2)cc1OC. The van der Waals surface area contributed by atoms with Crippen LogP contribution in [-0.4, -0.2) is 37.6 Å². The summed E-state index contributed by atoms with van der Waals surface area (Å²) in [5, 5.41) is 5.19. The summed E-state index contributed by atoms with van der Waals surface area (Å²) in [7, 11) is 3.16. The Morgan fingerprint density at radius 3 is 2.26 bits per heavy atom. The van der Waals surface area contributed by atoms with Crippen molar-refractivity contribution < 1.29 is 23.8 Å². The molecule has 7 nitrogen and oxygen atoms in total. The number of nitrogens with zero attached hydrogens (tertiary/aromatic N) is 1.